The minimum Gasteiger partial charge on any atom is -0.378 e. The number of hydrogen-bond acceptors (Lipinski definition) is 3. The number of carbonyl (C=O) groups excluding carboxylic acids is 1. The van der Waals surface area contributed by atoms with Gasteiger partial charge in [-0.1, -0.05) is 6.07 Å². The van der Waals surface area contributed by atoms with E-state index in [-0.39, 0.29) is 11.9 Å². The molecule has 1 aliphatic rings. The van der Waals surface area contributed by atoms with Crippen LogP contribution in [0.15, 0.2) is 17.5 Å². The molecule has 0 saturated carbocycles. The first-order chi connectivity index (χ1) is 8.25. The molecule has 4 heteroatoms. The lowest BCUT2D eigenvalue weighted by Crippen LogP contribution is -2.26. The van der Waals surface area contributed by atoms with Gasteiger partial charge in [0.15, 0.2) is 0 Å². The minimum atomic E-state index is 0.118. The Morgan fingerprint density at radius 2 is 2.59 bits per heavy atom. The van der Waals surface area contributed by atoms with Gasteiger partial charge in [-0.2, -0.15) is 0 Å². The molecule has 3 nitrogen and oxygen atoms in total. The second-order valence-corrected chi connectivity index (χ2v) is 5.46. The number of ether oxygens (including phenoxy) is 1. The summed E-state index contributed by atoms with van der Waals surface area (Å²) in [6, 6.07) is 4.18. The average Bonchev–Trinajstić information content (AvgIpc) is 2.99. The summed E-state index contributed by atoms with van der Waals surface area (Å²) in [6.07, 6.45) is 3.97. The van der Waals surface area contributed by atoms with E-state index >= 15 is 0 Å². The number of hydrogen-bond donors (Lipinski definition) is 1. The fraction of sp³-hybridized carbons (Fsp3) is 0.615. The van der Waals surface area contributed by atoms with Crippen LogP contribution in [0.4, 0.5) is 0 Å². The van der Waals surface area contributed by atoms with Crippen molar-refractivity contribution in [3.8, 4) is 0 Å². The SMILES string of the molecule is C[C@H](NC(=O)CC[C@@H]1CCCO1)c1cccs1. The van der Waals surface area contributed by atoms with Crippen LogP contribution in [-0.2, 0) is 9.53 Å². The van der Waals surface area contributed by atoms with Crippen LogP contribution in [0.25, 0.3) is 0 Å². The van der Waals surface area contributed by atoms with Crippen molar-refractivity contribution < 1.29 is 9.53 Å². The zero-order valence-corrected chi connectivity index (χ0v) is 11.0. The minimum absolute atomic E-state index is 0.118. The van der Waals surface area contributed by atoms with Gasteiger partial charge in [0.05, 0.1) is 12.1 Å². The summed E-state index contributed by atoms with van der Waals surface area (Å²) in [7, 11) is 0. The molecule has 94 valence electrons. The predicted molar refractivity (Wildman–Crippen MR) is 69.1 cm³/mol. The predicted octanol–water partition coefficient (Wildman–Crippen LogP) is 2.88. The van der Waals surface area contributed by atoms with Gasteiger partial charge in [0.25, 0.3) is 0 Å². The molecular weight excluding hydrogens is 234 g/mol. The highest BCUT2D eigenvalue weighted by atomic mass is 32.1. The number of nitrogens with one attached hydrogen (secondary N) is 1. The van der Waals surface area contributed by atoms with Crippen LogP contribution in [-0.4, -0.2) is 18.6 Å². The Morgan fingerprint density at radius 1 is 1.71 bits per heavy atom. The van der Waals surface area contributed by atoms with E-state index in [9.17, 15) is 4.79 Å². The van der Waals surface area contributed by atoms with Crippen LogP contribution in [0.5, 0.6) is 0 Å². The van der Waals surface area contributed by atoms with Crippen LogP contribution in [0.1, 0.15) is 43.5 Å². The quantitative estimate of drug-likeness (QED) is 0.876. The largest absolute Gasteiger partial charge is 0.378 e. The summed E-state index contributed by atoms with van der Waals surface area (Å²) in [5.41, 5.74) is 0. The molecule has 0 unspecified atom stereocenters. The van der Waals surface area contributed by atoms with Crippen molar-refractivity contribution in [1.29, 1.82) is 0 Å². The van der Waals surface area contributed by atoms with Crippen LogP contribution >= 0.6 is 11.3 Å². The standard InChI is InChI=1S/C13H19NO2S/c1-10(12-5-3-9-17-12)14-13(15)7-6-11-4-2-8-16-11/h3,5,9-11H,2,4,6-8H2,1H3,(H,14,15)/t10-,11-/m0/s1. The number of carbonyl (C=O) groups is 1. The van der Waals surface area contributed by atoms with Crippen LogP contribution in [0.2, 0.25) is 0 Å². The molecule has 1 fully saturated rings. The van der Waals surface area contributed by atoms with Crippen molar-refractivity contribution in [2.75, 3.05) is 6.61 Å². The summed E-state index contributed by atoms with van der Waals surface area (Å²) in [5.74, 6) is 0.126. The molecule has 17 heavy (non-hydrogen) atoms. The van der Waals surface area contributed by atoms with Crippen molar-refractivity contribution >= 4 is 17.2 Å². The molecule has 0 radical (unpaired) electrons. The Labute approximate surface area is 106 Å². The third-order valence-electron chi connectivity index (χ3n) is 3.06. The maximum absolute atomic E-state index is 11.7. The van der Waals surface area contributed by atoms with Gasteiger partial charge in [-0.05, 0) is 37.6 Å². The zero-order valence-electron chi connectivity index (χ0n) is 10.1. The summed E-state index contributed by atoms with van der Waals surface area (Å²) >= 11 is 1.68. The van der Waals surface area contributed by atoms with Crippen molar-refractivity contribution in [2.45, 2.75) is 44.8 Å². The Kier molecular flexibility index (Phi) is 4.57. The number of amides is 1. The molecular formula is C13H19NO2S. The van der Waals surface area contributed by atoms with E-state index in [0.29, 0.717) is 12.5 Å². The molecule has 1 amide bonds. The molecule has 2 rings (SSSR count). The summed E-state index contributed by atoms with van der Waals surface area (Å²) in [5, 5.41) is 5.05. The monoisotopic (exact) mass is 253 g/mol. The normalized spacial score (nSPS) is 21.4. The van der Waals surface area contributed by atoms with Crippen molar-refractivity contribution in [3.63, 3.8) is 0 Å². The maximum atomic E-state index is 11.7. The van der Waals surface area contributed by atoms with E-state index in [4.69, 9.17) is 4.74 Å². The summed E-state index contributed by atoms with van der Waals surface area (Å²) in [6.45, 7) is 2.88. The highest BCUT2D eigenvalue weighted by Crippen LogP contribution is 2.19. The Balaban J connectivity index is 1.69. The van der Waals surface area contributed by atoms with E-state index < -0.39 is 0 Å². The highest BCUT2D eigenvalue weighted by molar-refractivity contribution is 7.10. The van der Waals surface area contributed by atoms with Gasteiger partial charge in [0.2, 0.25) is 5.91 Å². The lowest BCUT2D eigenvalue weighted by molar-refractivity contribution is -0.122. The number of rotatable bonds is 5. The molecule has 1 N–H and O–H groups in total. The van der Waals surface area contributed by atoms with Crippen molar-refractivity contribution in [1.82, 2.24) is 5.32 Å². The first-order valence-electron chi connectivity index (χ1n) is 6.20. The summed E-state index contributed by atoms with van der Waals surface area (Å²) in [4.78, 5) is 12.9. The second-order valence-electron chi connectivity index (χ2n) is 4.48. The first kappa shape index (κ1) is 12.6. The number of thiophene rings is 1. The zero-order chi connectivity index (χ0) is 12.1. The van der Waals surface area contributed by atoms with E-state index in [1.165, 1.54) is 4.88 Å². The smallest absolute Gasteiger partial charge is 0.220 e. The molecule has 0 aliphatic carbocycles. The van der Waals surface area contributed by atoms with Gasteiger partial charge in [-0.15, -0.1) is 11.3 Å². The van der Waals surface area contributed by atoms with Gasteiger partial charge in [-0.25, -0.2) is 0 Å². The molecule has 0 aromatic carbocycles. The molecule has 2 heterocycles. The Morgan fingerprint density at radius 3 is 3.24 bits per heavy atom. The Bertz CT molecular complexity index is 344. The van der Waals surface area contributed by atoms with Gasteiger partial charge in [0, 0.05) is 17.9 Å². The molecule has 0 bridgehead atoms. The lowest BCUT2D eigenvalue weighted by atomic mass is 10.1. The van der Waals surface area contributed by atoms with Crippen molar-refractivity contribution in [3.05, 3.63) is 22.4 Å². The van der Waals surface area contributed by atoms with Gasteiger partial charge < -0.3 is 10.1 Å². The second kappa shape index (κ2) is 6.17. The van der Waals surface area contributed by atoms with E-state index in [2.05, 4.69) is 11.4 Å². The average molecular weight is 253 g/mol. The third kappa shape index (κ3) is 3.82. The van der Waals surface area contributed by atoms with Crippen LogP contribution < -0.4 is 5.32 Å². The molecule has 1 aromatic rings. The molecule has 2 atom stereocenters. The van der Waals surface area contributed by atoms with Gasteiger partial charge in [-0.3, -0.25) is 4.79 Å². The van der Waals surface area contributed by atoms with Crippen LogP contribution in [0.3, 0.4) is 0 Å². The fourth-order valence-corrected chi connectivity index (χ4v) is 2.82. The molecule has 1 aliphatic heterocycles. The first-order valence-corrected chi connectivity index (χ1v) is 7.08. The highest BCUT2D eigenvalue weighted by Gasteiger charge is 2.17. The van der Waals surface area contributed by atoms with E-state index in [0.717, 1.165) is 25.9 Å². The maximum Gasteiger partial charge on any atom is 0.220 e. The van der Waals surface area contributed by atoms with E-state index in [1.54, 1.807) is 11.3 Å². The molecule has 1 aromatic heterocycles. The molecule has 1 saturated heterocycles. The van der Waals surface area contributed by atoms with Gasteiger partial charge in [0.1, 0.15) is 0 Å². The third-order valence-corrected chi connectivity index (χ3v) is 4.12. The molecule has 0 spiro atoms. The lowest BCUT2D eigenvalue weighted by Gasteiger charge is -2.13. The fourth-order valence-electron chi connectivity index (χ4n) is 2.09. The Hall–Kier alpha value is -0.870. The van der Waals surface area contributed by atoms with Crippen LogP contribution in [0, 0.1) is 0 Å². The van der Waals surface area contributed by atoms with Gasteiger partial charge >= 0.3 is 0 Å². The van der Waals surface area contributed by atoms with Crippen molar-refractivity contribution in [2.24, 2.45) is 0 Å². The topological polar surface area (TPSA) is 38.3 Å². The summed E-state index contributed by atoms with van der Waals surface area (Å²) < 4.78 is 5.50. The van der Waals surface area contributed by atoms with E-state index in [1.807, 2.05) is 18.4 Å².